The number of ether oxygens (including phenoxy) is 2. The molecular weight excluding hydrogens is 390 g/mol. The van der Waals surface area contributed by atoms with Gasteiger partial charge in [-0.05, 0) is 67.3 Å². The molecule has 1 fully saturated rings. The Labute approximate surface area is 184 Å². The van der Waals surface area contributed by atoms with Gasteiger partial charge in [0.05, 0.1) is 19.3 Å². The van der Waals surface area contributed by atoms with Gasteiger partial charge in [0, 0.05) is 37.7 Å². The van der Waals surface area contributed by atoms with Gasteiger partial charge >= 0.3 is 0 Å². The molecule has 2 N–H and O–H groups in total. The lowest BCUT2D eigenvalue weighted by Gasteiger charge is -2.46. The summed E-state index contributed by atoms with van der Waals surface area (Å²) in [6.45, 7) is 2.35. The molecule has 1 spiro atoms. The molecule has 2 heterocycles. The Kier molecular flexibility index (Phi) is 5.67. The third-order valence-corrected chi connectivity index (χ3v) is 7.43. The highest BCUT2D eigenvalue weighted by Crippen LogP contribution is 2.45. The summed E-state index contributed by atoms with van der Waals surface area (Å²) in [6, 6.07) is 12.2. The van der Waals surface area contributed by atoms with Gasteiger partial charge in [-0.15, -0.1) is 0 Å². The largest absolute Gasteiger partial charge is 0.497 e. The lowest BCUT2D eigenvalue weighted by atomic mass is 9.81. The molecule has 5 heteroatoms. The minimum atomic E-state index is -0.512. The molecule has 31 heavy (non-hydrogen) atoms. The Balaban J connectivity index is 1.22. The fourth-order valence-electron chi connectivity index (χ4n) is 5.50. The second-order valence-electron chi connectivity index (χ2n) is 9.46. The monoisotopic (exact) mass is 423 g/mol. The second kappa shape index (κ2) is 8.45. The van der Waals surface area contributed by atoms with Crippen LogP contribution in [0.25, 0.3) is 0 Å². The molecule has 0 bridgehead atoms. The number of aliphatic hydroxyl groups excluding tert-OH is 2. The van der Waals surface area contributed by atoms with Crippen molar-refractivity contribution in [1.29, 1.82) is 0 Å². The maximum Gasteiger partial charge on any atom is 0.129 e. The van der Waals surface area contributed by atoms with Crippen LogP contribution in [0.4, 0.5) is 0 Å². The highest BCUT2D eigenvalue weighted by Gasteiger charge is 2.43. The maximum absolute atomic E-state index is 10.9. The Hall–Kier alpha value is -2.08. The van der Waals surface area contributed by atoms with E-state index in [4.69, 9.17) is 9.47 Å². The summed E-state index contributed by atoms with van der Waals surface area (Å²) in [5, 5.41) is 21.6. The molecule has 2 aromatic rings. The third-order valence-electron chi connectivity index (χ3n) is 7.43. The van der Waals surface area contributed by atoms with Crippen molar-refractivity contribution in [2.75, 3.05) is 26.7 Å². The smallest absolute Gasteiger partial charge is 0.129 e. The van der Waals surface area contributed by atoms with Crippen molar-refractivity contribution in [1.82, 2.24) is 4.90 Å². The van der Waals surface area contributed by atoms with E-state index in [0.717, 1.165) is 55.0 Å². The molecule has 0 unspecified atom stereocenters. The predicted octanol–water partition coefficient (Wildman–Crippen LogP) is 3.96. The van der Waals surface area contributed by atoms with Crippen molar-refractivity contribution in [2.45, 2.75) is 62.8 Å². The highest BCUT2D eigenvalue weighted by atomic mass is 16.5. The number of rotatable bonds is 4. The first-order chi connectivity index (χ1) is 15.0. The number of methoxy groups -OCH3 is 1. The number of β-amino-alcohol motifs (C(OH)–C–C–N with tert-alkyl or cyclic N) is 1. The van der Waals surface area contributed by atoms with Crippen molar-refractivity contribution >= 4 is 0 Å². The van der Waals surface area contributed by atoms with E-state index in [1.807, 2.05) is 18.2 Å². The number of hydrogen-bond donors (Lipinski definition) is 2. The average Bonchev–Trinajstić information content (AvgIpc) is 2.80. The molecule has 0 saturated carbocycles. The maximum atomic E-state index is 10.9. The number of piperidine rings is 1. The van der Waals surface area contributed by atoms with Crippen molar-refractivity contribution in [2.24, 2.45) is 0 Å². The van der Waals surface area contributed by atoms with Crippen LogP contribution < -0.4 is 9.47 Å². The van der Waals surface area contributed by atoms with Gasteiger partial charge in [-0.3, -0.25) is 0 Å². The molecule has 3 aliphatic rings. The van der Waals surface area contributed by atoms with Crippen LogP contribution >= 0.6 is 0 Å². The van der Waals surface area contributed by atoms with Gasteiger partial charge in [-0.2, -0.15) is 0 Å². The molecule has 1 saturated heterocycles. The Morgan fingerprint density at radius 1 is 1.10 bits per heavy atom. The normalized spacial score (nSPS) is 23.5. The van der Waals surface area contributed by atoms with E-state index < -0.39 is 12.2 Å². The van der Waals surface area contributed by atoms with E-state index in [9.17, 15) is 10.2 Å². The first-order valence-corrected chi connectivity index (χ1v) is 11.6. The molecule has 1 aliphatic carbocycles. The Morgan fingerprint density at radius 3 is 2.65 bits per heavy atom. The van der Waals surface area contributed by atoms with E-state index in [2.05, 4.69) is 23.1 Å². The molecule has 5 rings (SSSR count). The molecule has 2 aliphatic heterocycles. The summed E-state index contributed by atoms with van der Waals surface area (Å²) in [4.78, 5) is 2.33. The lowest BCUT2D eigenvalue weighted by Crippen LogP contribution is -2.51. The Bertz CT molecular complexity index is 935. The number of aliphatic hydroxyl groups is 2. The van der Waals surface area contributed by atoms with Gasteiger partial charge < -0.3 is 24.6 Å². The van der Waals surface area contributed by atoms with Crippen molar-refractivity contribution < 1.29 is 19.7 Å². The third kappa shape index (κ3) is 4.19. The van der Waals surface area contributed by atoms with Crippen molar-refractivity contribution in [3.05, 3.63) is 58.7 Å². The van der Waals surface area contributed by atoms with E-state index in [1.54, 1.807) is 7.11 Å². The number of fused-ring (bicyclic) bond motifs is 2. The second-order valence-corrected chi connectivity index (χ2v) is 9.46. The Morgan fingerprint density at radius 2 is 1.87 bits per heavy atom. The molecule has 0 amide bonds. The topological polar surface area (TPSA) is 62.2 Å². The highest BCUT2D eigenvalue weighted by molar-refractivity contribution is 5.44. The molecule has 5 nitrogen and oxygen atoms in total. The van der Waals surface area contributed by atoms with Gasteiger partial charge in [-0.25, -0.2) is 0 Å². The predicted molar refractivity (Wildman–Crippen MR) is 120 cm³/mol. The summed E-state index contributed by atoms with van der Waals surface area (Å²) in [5.41, 5.74) is 4.40. The molecular formula is C26H33NO4. The molecule has 2 atom stereocenters. The summed E-state index contributed by atoms with van der Waals surface area (Å²) in [7, 11) is 1.64. The van der Waals surface area contributed by atoms with E-state index >= 15 is 0 Å². The van der Waals surface area contributed by atoms with Crippen LogP contribution in [0.5, 0.6) is 11.5 Å². The summed E-state index contributed by atoms with van der Waals surface area (Å²) >= 11 is 0. The molecule has 0 aromatic heterocycles. The molecule has 2 aromatic carbocycles. The standard InChI is InChI=1S/C26H33NO4/c1-30-21-8-9-22-23(28)16-26(31-25(22)15-21)10-12-27(13-11-26)17-24(29)20-7-6-18-4-2-3-5-19(18)14-20/h6-9,14-15,23-24,28-29H,2-5,10-13,16-17H2,1H3/t23-,24+/m0/s1. The summed E-state index contributed by atoms with van der Waals surface area (Å²) in [5.74, 6) is 1.48. The van der Waals surface area contributed by atoms with E-state index in [-0.39, 0.29) is 5.60 Å². The average molecular weight is 424 g/mol. The van der Waals surface area contributed by atoms with Crippen molar-refractivity contribution in [3.8, 4) is 11.5 Å². The van der Waals surface area contributed by atoms with Crippen LogP contribution in [0.15, 0.2) is 36.4 Å². The SMILES string of the molecule is COc1ccc2c(c1)OC1(CCN(C[C@@H](O)c3ccc4c(c3)CCCC4)CC1)C[C@@H]2O. The fourth-order valence-corrected chi connectivity index (χ4v) is 5.50. The van der Waals surface area contributed by atoms with Gasteiger partial charge in [0.1, 0.15) is 17.1 Å². The van der Waals surface area contributed by atoms with Crippen LogP contribution in [0.1, 0.15) is 66.6 Å². The lowest BCUT2D eigenvalue weighted by molar-refractivity contribution is -0.0588. The minimum absolute atomic E-state index is 0.341. The van der Waals surface area contributed by atoms with Gasteiger partial charge in [0.2, 0.25) is 0 Å². The quantitative estimate of drug-likeness (QED) is 0.780. The zero-order valence-electron chi connectivity index (χ0n) is 18.3. The first-order valence-electron chi connectivity index (χ1n) is 11.6. The number of nitrogens with zero attached hydrogens (tertiary/aromatic N) is 1. The van der Waals surface area contributed by atoms with Crippen LogP contribution in [-0.4, -0.2) is 47.5 Å². The minimum Gasteiger partial charge on any atom is -0.497 e. The number of hydrogen-bond acceptors (Lipinski definition) is 5. The van der Waals surface area contributed by atoms with Crippen LogP contribution in [0.2, 0.25) is 0 Å². The van der Waals surface area contributed by atoms with Crippen LogP contribution in [0, 0.1) is 0 Å². The van der Waals surface area contributed by atoms with Gasteiger partial charge in [0.15, 0.2) is 0 Å². The van der Waals surface area contributed by atoms with Crippen LogP contribution in [-0.2, 0) is 12.8 Å². The number of likely N-dealkylation sites (tertiary alicyclic amines) is 1. The van der Waals surface area contributed by atoms with Gasteiger partial charge in [-0.1, -0.05) is 18.2 Å². The molecule has 166 valence electrons. The number of benzene rings is 2. The first kappa shape index (κ1) is 20.8. The van der Waals surface area contributed by atoms with E-state index in [1.165, 1.54) is 30.4 Å². The van der Waals surface area contributed by atoms with Gasteiger partial charge in [0.25, 0.3) is 0 Å². The van der Waals surface area contributed by atoms with Crippen molar-refractivity contribution in [3.63, 3.8) is 0 Å². The zero-order chi connectivity index (χ0) is 21.4. The number of aryl methyl sites for hydroxylation is 2. The molecule has 0 radical (unpaired) electrons. The zero-order valence-corrected chi connectivity index (χ0v) is 18.3. The summed E-state index contributed by atoms with van der Waals surface area (Å²) in [6.07, 6.45) is 6.16. The fraction of sp³-hybridized carbons (Fsp3) is 0.538. The van der Waals surface area contributed by atoms with E-state index in [0.29, 0.717) is 13.0 Å². The van der Waals surface area contributed by atoms with Crippen LogP contribution in [0.3, 0.4) is 0 Å². The summed E-state index contributed by atoms with van der Waals surface area (Å²) < 4.78 is 11.8.